The van der Waals surface area contributed by atoms with E-state index in [1.807, 2.05) is 0 Å². The second-order valence-corrected chi connectivity index (χ2v) is 4.94. The molecule has 0 saturated carbocycles. The van der Waals surface area contributed by atoms with E-state index in [1.165, 1.54) is 12.1 Å². The average Bonchev–Trinajstić information content (AvgIpc) is 2.71. The van der Waals surface area contributed by atoms with E-state index in [0.29, 0.717) is 21.4 Å². The molecule has 0 fully saturated rings. The number of hydrogen-bond donors (Lipinski definition) is 1. The average molecular weight is 327 g/mol. The highest BCUT2D eigenvalue weighted by atomic mass is 79.9. The molecule has 2 nitrogen and oxygen atoms in total. The highest BCUT2D eigenvalue weighted by molar-refractivity contribution is 9.10. The molecule has 3 aromatic rings. The Labute approximate surface area is 114 Å². The Kier molecular flexibility index (Phi) is 2.82. The summed E-state index contributed by atoms with van der Waals surface area (Å²) >= 11 is 3.18. The fourth-order valence-electron chi connectivity index (χ4n) is 1.83. The molecule has 1 heterocycles. The molecule has 0 atom stereocenters. The van der Waals surface area contributed by atoms with Gasteiger partial charge in [-0.25, -0.2) is 18.2 Å². The number of hydrogen-bond acceptors (Lipinski definition) is 1. The molecular weight excluding hydrogens is 321 g/mol. The lowest BCUT2D eigenvalue weighted by molar-refractivity contribution is 0.510. The standard InChI is InChI=1S/C13H6BrF3N2/c14-7-1-6(2-8(15)3-7)13-18-11-4-9(16)10(17)5-12(11)19-13/h1-5H,(H,18,19). The first-order chi connectivity index (χ1) is 9.02. The van der Waals surface area contributed by atoms with E-state index in [2.05, 4.69) is 25.9 Å². The van der Waals surface area contributed by atoms with E-state index in [-0.39, 0.29) is 5.52 Å². The smallest absolute Gasteiger partial charge is 0.161 e. The maximum absolute atomic E-state index is 13.3. The summed E-state index contributed by atoms with van der Waals surface area (Å²) in [6.45, 7) is 0. The summed E-state index contributed by atoms with van der Waals surface area (Å²) in [7, 11) is 0. The SMILES string of the molecule is Fc1cc(Br)cc(-c2nc3cc(F)c(F)cc3[nH]2)c1. The van der Waals surface area contributed by atoms with Gasteiger partial charge in [0.15, 0.2) is 11.6 Å². The van der Waals surface area contributed by atoms with Gasteiger partial charge < -0.3 is 4.98 Å². The minimum Gasteiger partial charge on any atom is -0.338 e. The van der Waals surface area contributed by atoms with Crippen molar-refractivity contribution < 1.29 is 13.2 Å². The van der Waals surface area contributed by atoms with Gasteiger partial charge >= 0.3 is 0 Å². The molecule has 96 valence electrons. The van der Waals surface area contributed by atoms with E-state index >= 15 is 0 Å². The van der Waals surface area contributed by atoms with Crippen molar-refractivity contribution in [1.29, 1.82) is 0 Å². The summed E-state index contributed by atoms with van der Waals surface area (Å²) in [4.78, 5) is 6.95. The highest BCUT2D eigenvalue weighted by Crippen LogP contribution is 2.25. The summed E-state index contributed by atoms with van der Waals surface area (Å²) in [5, 5.41) is 0. The van der Waals surface area contributed by atoms with Gasteiger partial charge in [-0.15, -0.1) is 0 Å². The van der Waals surface area contributed by atoms with E-state index in [4.69, 9.17) is 0 Å². The molecule has 0 amide bonds. The first-order valence-electron chi connectivity index (χ1n) is 5.34. The normalized spacial score (nSPS) is 11.2. The lowest BCUT2D eigenvalue weighted by Crippen LogP contribution is -1.83. The van der Waals surface area contributed by atoms with Crippen molar-refractivity contribution in [3.8, 4) is 11.4 Å². The largest absolute Gasteiger partial charge is 0.338 e. The Morgan fingerprint density at radius 1 is 0.947 bits per heavy atom. The summed E-state index contributed by atoms with van der Waals surface area (Å²) in [5.74, 6) is -2.00. The molecule has 3 rings (SSSR count). The quantitative estimate of drug-likeness (QED) is 0.705. The highest BCUT2D eigenvalue weighted by Gasteiger charge is 2.11. The van der Waals surface area contributed by atoms with Crippen molar-refractivity contribution in [3.63, 3.8) is 0 Å². The van der Waals surface area contributed by atoms with E-state index in [0.717, 1.165) is 12.1 Å². The molecule has 1 N–H and O–H groups in total. The molecule has 6 heteroatoms. The maximum atomic E-state index is 13.3. The van der Waals surface area contributed by atoms with Crippen molar-refractivity contribution in [3.05, 3.63) is 52.3 Å². The van der Waals surface area contributed by atoms with Crippen LogP contribution in [0, 0.1) is 17.5 Å². The predicted octanol–water partition coefficient (Wildman–Crippen LogP) is 4.41. The first kappa shape index (κ1) is 12.2. The number of aromatic nitrogens is 2. The Hall–Kier alpha value is -1.82. The summed E-state index contributed by atoms with van der Waals surface area (Å²) in [6.07, 6.45) is 0. The molecule has 0 spiro atoms. The Bertz CT molecular complexity index is 724. The third-order valence-electron chi connectivity index (χ3n) is 2.66. The van der Waals surface area contributed by atoms with Gasteiger partial charge in [-0.05, 0) is 18.2 Å². The monoisotopic (exact) mass is 326 g/mol. The van der Waals surface area contributed by atoms with Gasteiger partial charge in [0.2, 0.25) is 0 Å². The van der Waals surface area contributed by atoms with Gasteiger partial charge in [0.05, 0.1) is 11.0 Å². The minimum absolute atomic E-state index is 0.286. The molecule has 1 aromatic heterocycles. The van der Waals surface area contributed by atoms with Gasteiger partial charge in [0, 0.05) is 22.2 Å². The number of aromatic amines is 1. The number of halogens is 4. The van der Waals surface area contributed by atoms with Crippen LogP contribution in [0.4, 0.5) is 13.2 Å². The third-order valence-corrected chi connectivity index (χ3v) is 3.12. The number of rotatable bonds is 1. The number of nitrogens with zero attached hydrogens (tertiary/aromatic N) is 1. The van der Waals surface area contributed by atoms with Gasteiger partial charge in [0.25, 0.3) is 0 Å². The van der Waals surface area contributed by atoms with Gasteiger partial charge in [-0.1, -0.05) is 15.9 Å². The predicted molar refractivity (Wildman–Crippen MR) is 69.1 cm³/mol. The van der Waals surface area contributed by atoms with Gasteiger partial charge in [0.1, 0.15) is 11.6 Å². The molecule has 0 aliphatic heterocycles. The Morgan fingerprint density at radius 2 is 1.68 bits per heavy atom. The lowest BCUT2D eigenvalue weighted by atomic mass is 10.2. The molecular formula is C13H6BrF3N2. The number of imidazole rings is 1. The van der Waals surface area contributed by atoms with Crippen LogP contribution in [0.15, 0.2) is 34.8 Å². The van der Waals surface area contributed by atoms with Crippen molar-refractivity contribution >= 4 is 27.0 Å². The van der Waals surface area contributed by atoms with Crippen LogP contribution in [-0.2, 0) is 0 Å². The summed E-state index contributed by atoms with van der Waals surface area (Å²) < 4.78 is 40.1. The van der Waals surface area contributed by atoms with Crippen LogP contribution in [0.5, 0.6) is 0 Å². The minimum atomic E-state index is -0.967. The summed E-state index contributed by atoms with van der Waals surface area (Å²) in [5.41, 5.74) is 1.13. The second-order valence-electron chi connectivity index (χ2n) is 4.03. The summed E-state index contributed by atoms with van der Waals surface area (Å²) in [6, 6.07) is 6.28. The van der Waals surface area contributed by atoms with E-state index < -0.39 is 17.5 Å². The Balaban J connectivity index is 2.20. The molecule has 19 heavy (non-hydrogen) atoms. The number of nitrogens with one attached hydrogen (secondary N) is 1. The fourth-order valence-corrected chi connectivity index (χ4v) is 2.30. The van der Waals surface area contributed by atoms with Crippen molar-refractivity contribution in [2.75, 3.05) is 0 Å². The van der Waals surface area contributed by atoms with Crippen molar-refractivity contribution in [2.24, 2.45) is 0 Å². The molecule has 0 bridgehead atoms. The number of benzene rings is 2. The Morgan fingerprint density at radius 3 is 2.42 bits per heavy atom. The zero-order chi connectivity index (χ0) is 13.6. The van der Waals surface area contributed by atoms with Crippen LogP contribution in [0.25, 0.3) is 22.4 Å². The van der Waals surface area contributed by atoms with Crippen LogP contribution in [0.3, 0.4) is 0 Å². The van der Waals surface area contributed by atoms with E-state index in [1.54, 1.807) is 6.07 Å². The first-order valence-corrected chi connectivity index (χ1v) is 6.13. The van der Waals surface area contributed by atoms with Gasteiger partial charge in [-0.2, -0.15) is 0 Å². The molecule has 0 radical (unpaired) electrons. The number of H-pyrrole nitrogens is 1. The van der Waals surface area contributed by atoms with Crippen LogP contribution in [-0.4, -0.2) is 9.97 Å². The molecule has 0 aliphatic rings. The molecule has 0 aliphatic carbocycles. The molecule has 0 unspecified atom stereocenters. The third kappa shape index (κ3) is 2.23. The lowest BCUT2D eigenvalue weighted by Gasteiger charge is -1.98. The molecule has 2 aromatic carbocycles. The van der Waals surface area contributed by atoms with Crippen molar-refractivity contribution in [2.45, 2.75) is 0 Å². The van der Waals surface area contributed by atoms with Crippen LogP contribution in [0.2, 0.25) is 0 Å². The van der Waals surface area contributed by atoms with Crippen LogP contribution >= 0.6 is 15.9 Å². The van der Waals surface area contributed by atoms with Crippen LogP contribution in [0.1, 0.15) is 0 Å². The fraction of sp³-hybridized carbons (Fsp3) is 0. The second kappa shape index (κ2) is 4.38. The van der Waals surface area contributed by atoms with E-state index in [9.17, 15) is 13.2 Å². The topological polar surface area (TPSA) is 28.7 Å². The zero-order valence-electron chi connectivity index (χ0n) is 9.35. The maximum Gasteiger partial charge on any atom is 0.161 e. The van der Waals surface area contributed by atoms with Gasteiger partial charge in [-0.3, -0.25) is 0 Å². The molecule has 0 saturated heterocycles. The number of fused-ring (bicyclic) bond motifs is 1. The van der Waals surface area contributed by atoms with Crippen molar-refractivity contribution in [1.82, 2.24) is 9.97 Å². The zero-order valence-corrected chi connectivity index (χ0v) is 10.9. The van der Waals surface area contributed by atoms with Crippen LogP contribution < -0.4 is 0 Å².